The molecule has 0 bridgehead atoms. The maximum atomic E-state index is 11.0. The summed E-state index contributed by atoms with van der Waals surface area (Å²) in [5, 5.41) is 0. The van der Waals surface area contributed by atoms with E-state index in [0.717, 1.165) is 5.92 Å². The first-order chi connectivity index (χ1) is 7.24. The lowest BCUT2D eigenvalue weighted by Gasteiger charge is -1.94. The summed E-state index contributed by atoms with van der Waals surface area (Å²) in [6.45, 7) is 1.73. The van der Waals surface area contributed by atoms with Crippen molar-refractivity contribution in [1.82, 2.24) is 0 Å². The maximum Gasteiger partial charge on any atom is 0.337 e. The number of hydrogen-bond donors (Lipinski definition) is 0. The van der Waals surface area contributed by atoms with Gasteiger partial charge in [0, 0.05) is 11.6 Å². The Morgan fingerprint density at radius 3 is 2.53 bits per heavy atom. The minimum absolute atomic E-state index is 0.359. The summed E-state index contributed by atoms with van der Waals surface area (Å²) in [5.41, 5.74) is 0.326. The summed E-state index contributed by atoms with van der Waals surface area (Å²) in [5.74, 6) is 7.41. The molecule has 5 radical (unpaired) electrons. The third kappa shape index (κ3) is 2.73. The predicted molar refractivity (Wildman–Crippen MR) is 57.0 cm³/mol. The molecule has 0 aliphatic heterocycles. The molecule has 1 heterocycles. The fourth-order valence-electron chi connectivity index (χ4n) is 1.28. The molecule has 2 rings (SSSR count). The molecule has 15 heavy (non-hydrogen) atoms. The first kappa shape index (κ1) is 10.0. The molecule has 1 aliphatic carbocycles. The van der Waals surface area contributed by atoms with Gasteiger partial charge in [0.1, 0.15) is 5.76 Å². The highest BCUT2D eigenvalue weighted by Gasteiger charge is 2.13. The van der Waals surface area contributed by atoms with Gasteiger partial charge in [0.25, 0.3) is 0 Å². The van der Waals surface area contributed by atoms with Crippen molar-refractivity contribution in [1.29, 1.82) is 0 Å². The molecule has 1 aromatic heterocycles. The lowest BCUT2D eigenvalue weighted by molar-refractivity contribution is 0.479. The zero-order valence-electron chi connectivity index (χ0n) is 8.28. The largest absolute Gasteiger partial charge is 0.428 e. The van der Waals surface area contributed by atoms with Crippen molar-refractivity contribution in [2.45, 2.75) is 6.92 Å². The van der Waals surface area contributed by atoms with E-state index < -0.39 is 0 Å². The molecule has 0 spiro atoms. The Kier molecular flexibility index (Phi) is 2.91. The van der Waals surface area contributed by atoms with Gasteiger partial charge in [-0.15, -0.1) is 0 Å². The van der Waals surface area contributed by atoms with Crippen LogP contribution >= 0.6 is 0 Å². The van der Waals surface area contributed by atoms with Crippen molar-refractivity contribution in [3.05, 3.63) is 65.5 Å². The Morgan fingerprint density at radius 1 is 1.13 bits per heavy atom. The second-order valence-corrected chi connectivity index (χ2v) is 3.20. The van der Waals surface area contributed by atoms with Crippen molar-refractivity contribution in [3.8, 4) is 11.8 Å². The lowest BCUT2D eigenvalue weighted by atomic mass is 10.1. The molecule has 1 saturated carbocycles. The van der Waals surface area contributed by atoms with E-state index in [1.165, 1.54) is 6.07 Å². The summed E-state index contributed by atoms with van der Waals surface area (Å²) >= 11 is 0. The van der Waals surface area contributed by atoms with Crippen molar-refractivity contribution < 1.29 is 4.42 Å². The zero-order chi connectivity index (χ0) is 10.7. The number of rotatable bonds is 0. The van der Waals surface area contributed by atoms with Gasteiger partial charge in [0.05, 0.1) is 5.92 Å². The first-order valence-corrected chi connectivity index (χ1v) is 4.59. The van der Waals surface area contributed by atoms with Crippen LogP contribution in [0.2, 0.25) is 0 Å². The molecule has 0 aromatic carbocycles. The highest BCUT2D eigenvalue weighted by atomic mass is 16.4. The third-order valence-electron chi connectivity index (χ3n) is 1.91. The summed E-state index contributed by atoms with van der Waals surface area (Å²) in [6, 6.07) is 3.14. The predicted octanol–water partition coefficient (Wildman–Crippen LogP) is 1.70. The fraction of sp³-hybridized carbons (Fsp3) is 0.0769. The van der Waals surface area contributed by atoms with Crippen LogP contribution in [0.15, 0.2) is 21.3 Å². The second-order valence-electron chi connectivity index (χ2n) is 3.20. The van der Waals surface area contributed by atoms with Crippen LogP contribution in [0.25, 0.3) is 0 Å². The fourth-order valence-corrected chi connectivity index (χ4v) is 1.28. The van der Waals surface area contributed by atoms with Crippen molar-refractivity contribution >= 4 is 0 Å². The van der Waals surface area contributed by atoms with Gasteiger partial charge in [0.15, 0.2) is 0 Å². The smallest absolute Gasteiger partial charge is 0.337 e. The van der Waals surface area contributed by atoms with E-state index in [0.29, 0.717) is 11.3 Å². The van der Waals surface area contributed by atoms with Crippen LogP contribution in [-0.2, 0) is 0 Å². The Morgan fingerprint density at radius 2 is 1.87 bits per heavy atom. The average Bonchev–Trinajstić information content (AvgIpc) is 2.65. The van der Waals surface area contributed by atoms with Gasteiger partial charge in [-0.25, -0.2) is 4.79 Å². The van der Waals surface area contributed by atoms with Gasteiger partial charge in [-0.2, -0.15) is 0 Å². The summed E-state index contributed by atoms with van der Waals surface area (Å²) < 4.78 is 4.83. The average molecular weight is 197 g/mol. The van der Waals surface area contributed by atoms with E-state index in [2.05, 4.69) is 11.8 Å². The standard InChI is InChI=1S/C13H9O2/c1-10-8-12(9-13(14)15-10)7-6-11-4-2-3-5-11/h2-5,8-9H,1H3. The zero-order valence-corrected chi connectivity index (χ0v) is 8.28. The van der Waals surface area contributed by atoms with Gasteiger partial charge >= 0.3 is 5.63 Å². The first-order valence-electron chi connectivity index (χ1n) is 4.59. The van der Waals surface area contributed by atoms with E-state index >= 15 is 0 Å². The van der Waals surface area contributed by atoms with Gasteiger partial charge in [0.2, 0.25) is 0 Å². The van der Waals surface area contributed by atoms with Crippen molar-refractivity contribution in [3.63, 3.8) is 0 Å². The van der Waals surface area contributed by atoms with Crippen LogP contribution in [0, 0.1) is 50.4 Å². The van der Waals surface area contributed by atoms with E-state index in [-0.39, 0.29) is 5.63 Å². The number of aryl methyl sites for hydroxylation is 1. The van der Waals surface area contributed by atoms with Crippen LogP contribution in [0.5, 0.6) is 0 Å². The monoisotopic (exact) mass is 197 g/mol. The lowest BCUT2D eigenvalue weighted by Crippen LogP contribution is -1.98. The Balaban J connectivity index is 2.19. The van der Waals surface area contributed by atoms with E-state index in [9.17, 15) is 4.79 Å². The highest BCUT2D eigenvalue weighted by molar-refractivity contribution is 5.50. The topological polar surface area (TPSA) is 30.2 Å². The molecule has 73 valence electrons. The Hall–Kier alpha value is -1.49. The van der Waals surface area contributed by atoms with Gasteiger partial charge in [-0.1, -0.05) is 11.8 Å². The highest BCUT2D eigenvalue weighted by Crippen LogP contribution is 2.21. The molecule has 0 unspecified atom stereocenters. The van der Waals surface area contributed by atoms with Crippen LogP contribution in [0.1, 0.15) is 11.3 Å². The summed E-state index contributed by atoms with van der Waals surface area (Å²) in [4.78, 5) is 11.0. The third-order valence-corrected chi connectivity index (χ3v) is 1.91. The molecular weight excluding hydrogens is 188 g/mol. The molecule has 0 amide bonds. The molecular formula is C13H9O2. The SMILES string of the molecule is Cc1cc(C#C[C]2[CH][CH][CH][CH]2)cc(=O)o1. The van der Waals surface area contributed by atoms with Gasteiger partial charge < -0.3 is 4.42 Å². The Bertz CT molecular complexity index is 453. The van der Waals surface area contributed by atoms with Crippen LogP contribution in [-0.4, -0.2) is 0 Å². The number of hydrogen-bond acceptors (Lipinski definition) is 2. The molecule has 1 fully saturated rings. The van der Waals surface area contributed by atoms with Gasteiger partial charge in [-0.3, -0.25) is 0 Å². The summed E-state index contributed by atoms with van der Waals surface area (Å²) in [7, 11) is 0. The molecule has 0 saturated heterocycles. The van der Waals surface area contributed by atoms with Crippen molar-refractivity contribution in [2.24, 2.45) is 0 Å². The van der Waals surface area contributed by atoms with E-state index in [4.69, 9.17) is 4.42 Å². The molecule has 1 aromatic rings. The van der Waals surface area contributed by atoms with Crippen LogP contribution < -0.4 is 5.63 Å². The molecule has 2 heteroatoms. The summed E-state index contributed by atoms with van der Waals surface area (Å²) in [6.07, 6.45) is 7.69. The quantitative estimate of drug-likeness (QED) is 0.592. The molecule has 2 nitrogen and oxygen atoms in total. The van der Waals surface area contributed by atoms with E-state index in [1.54, 1.807) is 13.0 Å². The minimum Gasteiger partial charge on any atom is -0.428 e. The second kappa shape index (κ2) is 4.35. The van der Waals surface area contributed by atoms with Crippen LogP contribution in [0.4, 0.5) is 0 Å². The Labute approximate surface area is 89.3 Å². The minimum atomic E-state index is -0.359. The molecule has 1 aliphatic rings. The molecule has 0 atom stereocenters. The van der Waals surface area contributed by atoms with Gasteiger partial charge in [-0.05, 0) is 38.7 Å². The van der Waals surface area contributed by atoms with Crippen LogP contribution in [0.3, 0.4) is 0 Å². The normalized spacial score (nSPS) is 16.1. The molecule has 0 N–H and O–H groups in total. The van der Waals surface area contributed by atoms with E-state index in [1.807, 2.05) is 25.7 Å². The maximum absolute atomic E-state index is 11.0. The van der Waals surface area contributed by atoms with Crippen molar-refractivity contribution in [2.75, 3.05) is 0 Å².